The lowest BCUT2D eigenvalue weighted by Crippen LogP contribution is -2.48. The van der Waals surface area contributed by atoms with Crippen molar-refractivity contribution in [3.05, 3.63) is 17.2 Å². The lowest BCUT2D eigenvalue weighted by molar-refractivity contribution is -0.182. The molecule has 0 bridgehead atoms. The average molecular weight is 487 g/mol. The molecular weight excluding hydrogens is 456 g/mol. The van der Waals surface area contributed by atoms with Gasteiger partial charge in [0.25, 0.3) is 0 Å². The molecule has 0 spiro atoms. The van der Waals surface area contributed by atoms with Crippen molar-refractivity contribution in [2.45, 2.75) is 70.9 Å². The summed E-state index contributed by atoms with van der Waals surface area (Å²) in [5.41, 5.74) is -0.431. The van der Waals surface area contributed by atoms with Crippen molar-refractivity contribution < 1.29 is 32.2 Å². The summed E-state index contributed by atoms with van der Waals surface area (Å²) in [5.74, 6) is -2.52. The van der Waals surface area contributed by atoms with Gasteiger partial charge in [-0.25, -0.2) is 9.37 Å². The summed E-state index contributed by atoms with van der Waals surface area (Å²) in [5, 5.41) is 14.4. The summed E-state index contributed by atoms with van der Waals surface area (Å²) in [6.07, 6.45) is -2.38. The van der Waals surface area contributed by atoms with E-state index < -0.39 is 35.2 Å². The number of alkyl halides is 3. The van der Waals surface area contributed by atoms with Crippen molar-refractivity contribution in [1.29, 1.82) is 0 Å². The third kappa shape index (κ3) is 4.07. The summed E-state index contributed by atoms with van der Waals surface area (Å²) in [6, 6.07) is 0. The molecule has 188 valence electrons. The first-order valence-corrected chi connectivity index (χ1v) is 11.7. The molecule has 0 radical (unpaired) electrons. The molecule has 1 N–H and O–H groups in total. The van der Waals surface area contributed by atoms with Crippen LogP contribution in [0.5, 0.6) is 5.75 Å². The highest BCUT2D eigenvalue weighted by Crippen LogP contribution is 2.45. The van der Waals surface area contributed by atoms with Crippen molar-refractivity contribution in [3.63, 3.8) is 0 Å². The summed E-state index contributed by atoms with van der Waals surface area (Å²) in [4.78, 5) is 18.3. The number of hydrogen-bond acceptors (Lipinski definition) is 5. The Labute approximate surface area is 195 Å². The van der Waals surface area contributed by atoms with Crippen LogP contribution in [0, 0.1) is 24.1 Å². The molecule has 2 aromatic heterocycles. The number of aryl methyl sites for hydroxylation is 1. The maximum absolute atomic E-state index is 15.5. The number of carboxylic acids is 1. The molecule has 4 rings (SSSR count). The van der Waals surface area contributed by atoms with Crippen LogP contribution in [0.3, 0.4) is 0 Å². The summed E-state index contributed by atoms with van der Waals surface area (Å²) < 4.78 is 61.7. The number of halogens is 4. The first-order valence-electron chi connectivity index (χ1n) is 11.7. The van der Waals surface area contributed by atoms with E-state index in [9.17, 15) is 23.1 Å². The number of methoxy groups -OCH3 is 1. The Morgan fingerprint density at radius 3 is 2.50 bits per heavy atom. The maximum Gasteiger partial charge on any atom is 0.391 e. The van der Waals surface area contributed by atoms with Gasteiger partial charge in [0.05, 0.1) is 24.1 Å². The van der Waals surface area contributed by atoms with Crippen molar-refractivity contribution in [1.82, 2.24) is 14.6 Å². The molecule has 11 heteroatoms. The number of carbonyl (C=O) groups is 1. The second-order valence-corrected chi connectivity index (χ2v) is 9.54. The van der Waals surface area contributed by atoms with Crippen molar-refractivity contribution in [3.8, 4) is 5.75 Å². The zero-order valence-electron chi connectivity index (χ0n) is 19.6. The van der Waals surface area contributed by atoms with Gasteiger partial charge in [-0.3, -0.25) is 4.79 Å². The van der Waals surface area contributed by atoms with E-state index in [1.807, 2.05) is 11.8 Å². The highest BCUT2D eigenvalue weighted by atomic mass is 19.4. The highest BCUT2D eigenvalue weighted by Gasteiger charge is 2.44. The van der Waals surface area contributed by atoms with Crippen LogP contribution in [0.15, 0.2) is 0 Å². The number of aliphatic carboxylic acids is 1. The number of aromatic nitrogens is 3. The number of nitrogens with zero attached hydrogens (tertiary/aromatic N) is 4. The van der Waals surface area contributed by atoms with Crippen LogP contribution in [0.25, 0.3) is 5.65 Å². The van der Waals surface area contributed by atoms with Gasteiger partial charge < -0.3 is 14.7 Å². The molecule has 1 saturated carbocycles. The lowest BCUT2D eigenvalue weighted by Gasteiger charge is -2.40. The molecule has 0 aromatic carbocycles. The van der Waals surface area contributed by atoms with Crippen molar-refractivity contribution >= 4 is 17.4 Å². The molecule has 1 aliphatic carbocycles. The Morgan fingerprint density at radius 1 is 1.26 bits per heavy atom. The van der Waals surface area contributed by atoms with E-state index in [1.165, 1.54) is 11.6 Å². The number of hydrogen-bond donors (Lipinski definition) is 1. The van der Waals surface area contributed by atoms with E-state index in [2.05, 4.69) is 10.1 Å². The molecule has 1 aliphatic heterocycles. The standard InChI is InChI=1S/C23H30F4N4O3/c1-4-22(21(32)33)10-5-11-30(12-22)20-18(34-3)13(2)28-19-16(24)17(29-31(19)20)14-6-8-15(9-7-14)23(25,26)27/h14-15H,4-12H2,1-3H3,(H,32,33)/t14?,15?,22-/m1/s1. The second kappa shape index (κ2) is 8.88. The Bertz CT molecular complexity index is 1080. The molecule has 7 nitrogen and oxygen atoms in total. The molecule has 0 amide bonds. The molecular formula is C23H30F4N4O3. The van der Waals surface area contributed by atoms with Gasteiger partial charge in [0, 0.05) is 19.0 Å². The summed E-state index contributed by atoms with van der Waals surface area (Å²) in [7, 11) is 1.47. The largest absolute Gasteiger partial charge is 0.491 e. The molecule has 1 atom stereocenters. The van der Waals surface area contributed by atoms with Gasteiger partial charge in [-0.1, -0.05) is 6.92 Å². The molecule has 1 saturated heterocycles. The number of rotatable bonds is 5. The molecule has 2 aliphatic rings. The van der Waals surface area contributed by atoms with Crippen LogP contribution in [0.1, 0.15) is 69.2 Å². The fourth-order valence-electron chi connectivity index (χ4n) is 5.52. The smallest absolute Gasteiger partial charge is 0.391 e. The Kier molecular flexibility index (Phi) is 6.41. The van der Waals surface area contributed by atoms with E-state index in [0.717, 1.165) is 0 Å². The second-order valence-electron chi connectivity index (χ2n) is 9.54. The van der Waals surface area contributed by atoms with Crippen LogP contribution < -0.4 is 9.64 Å². The van der Waals surface area contributed by atoms with Gasteiger partial charge >= 0.3 is 12.1 Å². The Hall–Kier alpha value is -2.59. The summed E-state index contributed by atoms with van der Waals surface area (Å²) in [6.45, 7) is 4.26. The van der Waals surface area contributed by atoms with E-state index in [1.54, 1.807) is 6.92 Å². The van der Waals surface area contributed by atoms with Crippen LogP contribution in [-0.4, -0.2) is 52.0 Å². The van der Waals surface area contributed by atoms with E-state index in [-0.39, 0.29) is 43.6 Å². The van der Waals surface area contributed by atoms with Gasteiger partial charge in [-0.15, -0.1) is 0 Å². The molecule has 0 unspecified atom stereocenters. The zero-order valence-corrected chi connectivity index (χ0v) is 19.6. The predicted molar refractivity (Wildman–Crippen MR) is 117 cm³/mol. The number of ether oxygens (including phenoxy) is 1. The number of anilines is 1. The Balaban J connectivity index is 1.76. The third-order valence-corrected chi connectivity index (χ3v) is 7.62. The van der Waals surface area contributed by atoms with Crippen LogP contribution >= 0.6 is 0 Å². The first kappa shape index (κ1) is 24.5. The van der Waals surface area contributed by atoms with Crippen LogP contribution in [-0.2, 0) is 4.79 Å². The van der Waals surface area contributed by atoms with Crippen LogP contribution in [0.2, 0.25) is 0 Å². The highest BCUT2D eigenvalue weighted by molar-refractivity contribution is 5.76. The fraction of sp³-hybridized carbons (Fsp3) is 0.696. The minimum atomic E-state index is -4.24. The van der Waals surface area contributed by atoms with Gasteiger partial charge in [0.2, 0.25) is 0 Å². The molecule has 2 aromatic rings. The normalized spacial score (nSPS) is 26.1. The fourth-order valence-corrected chi connectivity index (χ4v) is 5.52. The monoisotopic (exact) mass is 486 g/mol. The van der Waals surface area contributed by atoms with Gasteiger partial charge in [-0.2, -0.15) is 22.8 Å². The van der Waals surface area contributed by atoms with Crippen molar-refractivity contribution in [2.75, 3.05) is 25.1 Å². The topological polar surface area (TPSA) is 80.0 Å². The van der Waals surface area contributed by atoms with E-state index >= 15 is 4.39 Å². The van der Waals surface area contributed by atoms with Crippen LogP contribution in [0.4, 0.5) is 23.4 Å². The maximum atomic E-state index is 15.5. The lowest BCUT2D eigenvalue weighted by atomic mass is 9.77. The number of piperidine rings is 1. The molecule has 34 heavy (non-hydrogen) atoms. The quantitative estimate of drug-likeness (QED) is 0.593. The van der Waals surface area contributed by atoms with Gasteiger partial charge in [-0.05, 0) is 51.9 Å². The SMILES string of the molecule is CC[C@@]1(C(=O)O)CCCN(c2c(OC)c(C)nc3c(F)c(C4CCC(C(F)(F)F)CC4)nn23)C1. The van der Waals surface area contributed by atoms with E-state index in [0.29, 0.717) is 43.1 Å². The predicted octanol–water partition coefficient (Wildman–Crippen LogP) is 5.10. The molecule has 3 heterocycles. The zero-order chi connectivity index (χ0) is 24.8. The first-order chi connectivity index (χ1) is 16.0. The number of fused-ring (bicyclic) bond motifs is 1. The average Bonchev–Trinajstić information content (AvgIpc) is 3.13. The van der Waals surface area contributed by atoms with Gasteiger partial charge in [0.1, 0.15) is 5.69 Å². The minimum absolute atomic E-state index is 0.0239. The third-order valence-electron chi connectivity index (χ3n) is 7.62. The van der Waals surface area contributed by atoms with Crippen molar-refractivity contribution in [2.24, 2.45) is 11.3 Å². The minimum Gasteiger partial charge on any atom is -0.491 e. The number of carboxylic acid groups (broad SMARTS) is 1. The van der Waals surface area contributed by atoms with Gasteiger partial charge in [0.15, 0.2) is 23.0 Å². The Morgan fingerprint density at radius 2 is 1.94 bits per heavy atom. The van der Waals surface area contributed by atoms with E-state index in [4.69, 9.17) is 4.74 Å². The molecule has 2 fully saturated rings. The summed E-state index contributed by atoms with van der Waals surface area (Å²) >= 11 is 0.